The minimum Gasteiger partial charge on any atom is -0.351 e. The van der Waals surface area contributed by atoms with Gasteiger partial charge in [0.15, 0.2) is 0 Å². The fourth-order valence-electron chi connectivity index (χ4n) is 1.99. The predicted octanol–water partition coefficient (Wildman–Crippen LogP) is 1.79. The molecule has 1 N–H and O–H groups in total. The van der Waals surface area contributed by atoms with Crippen LogP contribution in [0.2, 0.25) is 0 Å². The van der Waals surface area contributed by atoms with E-state index in [-0.39, 0.29) is 5.91 Å². The van der Waals surface area contributed by atoms with Gasteiger partial charge in [-0.3, -0.25) is 4.79 Å². The van der Waals surface area contributed by atoms with E-state index in [4.69, 9.17) is 0 Å². The van der Waals surface area contributed by atoms with Gasteiger partial charge >= 0.3 is 0 Å². The zero-order valence-corrected chi connectivity index (χ0v) is 13.7. The van der Waals surface area contributed by atoms with Gasteiger partial charge in [0, 0.05) is 25.2 Å². The monoisotopic (exact) mass is 312 g/mol. The summed E-state index contributed by atoms with van der Waals surface area (Å²) < 4.78 is 24.7. The van der Waals surface area contributed by atoms with Crippen molar-refractivity contribution in [3.63, 3.8) is 0 Å². The lowest BCUT2D eigenvalue weighted by atomic mass is 10.1. The molecule has 5 nitrogen and oxygen atoms in total. The topological polar surface area (TPSA) is 66.5 Å². The van der Waals surface area contributed by atoms with E-state index in [1.165, 1.54) is 10.6 Å². The van der Waals surface area contributed by atoms with E-state index < -0.39 is 10.0 Å². The van der Waals surface area contributed by atoms with Crippen molar-refractivity contribution >= 4 is 15.9 Å². The van der Waals surface area contributed by atoms with Crippen molar-refractivity contribution in [2.24, 2.45) is 0 Å². The Morgan fingerprint density at radius 1 is 1.24 bits per heavy atom. The number of rotatable bonds is 8. The van der Waals surface area contributed by atoms with Crippen LogP contribution in [0.3, 0.4) is 0 Å². The first-order valence-electron chi connectivity index (χ1n) is 7.15. The van der Waals surface area contributed by atoms with Crippen molar-refractivity contribution in [2.45, 2.75) is 26.7 Å². The fraction of sp³-hybridized carbons (Fsp3) is 0.533. The molecule has 0 saturated carbocycles. The van der Waals surface area contributed by atoms with Gasteiger partial charge in [0.05, 0.1) is 6.26 Å². The van der Waals surface area contributed by atoms with Gasteiger partial charge in [-0.1, -0.05) is 31.5 Å². The molecule has 21 heavy (non-hydrogen) atoms. The van der Waals surface area contributed by atoms with Gasteiger partial charge < -0.3 is 5.32 Å². The molecule has 0 heterocycles. The van der Waals surface area contributed by atoms with E-state index in [9.17, 15) is 13.2 Å². The lowest BCUT2D eigenvalue weighted by molar-refractivity contribution is 0.0951. The number of benzene rings is 1. The van der Waals surface area contributed by atoms with Crippen LogP contribution in [-0.2, 0) is 10.0 Å². The van der Waals surface area contributed by atoms with E-state index in [1.54, 1.807) is 6.07 Å². The average molecular weight is 312 g/mol. The number of aryl methyl sites for hydroxylation is 1. The summed E-state index contributed by atoms with van der Waals surface area (Å²) in [7, 11) is -3.23. The molecule has 1 rings (SSSR count). The number of sulfonamides is 1. The van der Waals surface area contributed by atoms with E-state index in [0.717, 1.165) is 18.4 Å². The van der Waals surface area contributed by atoms with Crippen LogP contribution in [0.15, 0.2) is 24.3 Å². The van der Waals surface area contributed by atoms with E-state index in [1.807, 2.05) is 32.0 Å². The highest BCUT2D eigenvalue weighted by Gasteiger charge is 2.16. The highest BCUT2D eigenvalue weighted by Crippen LogP contribution is 2.06. The highest BCUT2D eigenvalue weighted by atomic mass is 32.2. The Hall–Kier alpha value is -1.40. The van der Waals surface area contributed by atoms with Gasteiger partial charge in [-0.15, -0.1) is 0 Å². The van der Waals surface area contributed by atoms with Crippen LogP contribution < -0.4 is 5.32 Å². The molecule has 0 aromatic heterocycles. The summed E-state index contributed by atoms with van der Waals surface area (Å²) in [5.41, 5.74) is 1.53. The largest absolute Gasteiger partial charge is 0.351 e. The molecule has 0 bridgehead atoms. The maximum Gasteiger partial charge on any atom is 0.251 e. The second kappa shape index (κ2) is 8.14. The van der Waals surface area contributed by atoms with Crippen LogP contribution in [0, 0.1) is 6.92 Å². The Labute approximate surface area is 127 Å². The molecule has 0 radical (unpaired) electrons. The first kappa shape index (κ1) is 17.7. The van der Waals surface area contributed by atoms with Crippen molar-refractivity contribution in [1.29, 1.82) is 0 Å². The normalized spacial score (nSPS) is 11.6. The Morgan fingerprint density at radius 3 is 2.48 bits per heavy atom. The Morgan fingerprint density at radius 2 is 1.90 bits per heavy atom. The second-order valence-corrected chi connectivity index (χ2v) is 7.07. The average Bonchev–Trinajstić information content (AvgIpc) is 2.41. The first-order valence-corrected chi connectivity index (χ1v) is 9.00. The van der Waals surface area contributed by atoms with Crippen molar-refractivity contribution in [1.82, 2.24) is 9.62 Å². The molecule has 0 atom stereocenters. The summed E-state index contributed by atoms with van der Waals surface area (Å²) in [4.78, 5) is 12.0. The molecule has 0 fully saturated rings. The quantitative estimate of drug-likeness (QED) is 0.796. The molecule has 6 heteroatoms. The third-order valence-corrected chi connectivity index (χ3v) is 4.57. The number of carbonyl (C=O) groups is 1. The van der Waals surface area contributed by atoms with Crippen LogP contribution in [-0.4, -0.2) is 44.5 Å². The maximum absolute atomic E-state index is 12.0. The van der Waals surface area contributed by atoms with Gasteiger partial charge in [0.25, 0.3) is 5.91 Å². The van der Waals surface area contributed by atoms with E-state index >= 15 is 0 Å². The van der Waals surface area contributed by atoms with Crippen LogP contribution >= 0.6 is 0 Å². The summed E-state index contributed by atoms with van der Waals surface area (Å²) in [6.45, 7) is 5.00. The van der Waals surface area contributed by atoms with Gasteiger partial charge in [0.2, 0.25) is 10.0 Å². The van der Waals surface area contributed by atoms with Crippen LogP contribution in [0.5, 0.6) is 0 Å². The summed E-state index contributed by atoms with van der Waals surface area (Å²) in [6, 6.07) is 7.32. The molecule has 0 spiro atoms. The molecular formula is C15H24N2O3S. The molecule has 0 aliphatic heterocycles. The number of hydrogen-bond donors (Lipinski definition) is 1. The molecule has 0 aliphatic carbocycles. The highest BCUT2D eigenvalue weighted by molar-refractivity contribution is 7.88. The molecule has 0 aliphatic rings. The number of amides is 1. The summed E-state index contributed by atoms with van der Waals surface area (Å²) in [5.74, 6) is -0.169. The molecule has 1 aromatic rings. The van der Waals surface area contributed by atoms with Crippen LogP contribution in [0.1, 0.15) is 35.7 Å². The molecule has 1 amide bonds. The Balaban J connectivity index is 2.54. The number of unbranched alkanes of at least 4 members (excludes halogenated alkanes) is 1. The van der Waals surface area contributed by atoms with Gasteiger partial charge in [-0.05, 0) is 25.0 Å². The molecule has 0 saturated heterocycles. The number of hydrogen-bond acceptors (Lipinski definition) is 3. The third kappa shape index (κ3) is 5.85. The van der Waals surface area contributed by atoms with E-state index in [2.05, 4.69) is 5.32 Å². The van der Waals surface area contributed by atoms with Gasteiger partial charge in [0.1, 0.15) is 0 Å². The zero-order chi connectivity index (χ0) is 15.9. The van der Waals surface area contributed by atoms with Crippen molar-refractivity contribution < 1.29 is 13.2 Å². The van der Waals surface area contributed by atoms with Crippen LogP contribution in [0.25, 0.3) is 0 Å². The number of nitrogens with zero attached hydrogens (tertiary/aromatic N) is 1. The standard InChI is InChI=1S/C15H24N2O3S/c1-4-5-11-17(21(3,19)20)12-10-16-15(18)14-9-7-6-8-13(14)2/h6-9H,4-5,10-12H2,1-3H3,(H,16,18). The maximum atomic E-state index is 12.0. The predicted molar refractivity (Wildman–Crippen MR) is 84.8 cm³/mol. The fourth-order valence-corrected chi connectivity index (χ4v) is 2.88. The molecule has 1 aromatic carbocycles. The lowest BCUT2D eigenvalue weighted by Crippen LogP contribution is -2.38. The Bertz CT molecular complexity index is 570. The van der Waals surface area contributed by atoms with Crippen molar-refractivity contribution in [3.8, 4) is 0 Å². The van der Waals surface area contributed by atoms with Crippen LogP contribution in [0.4, 0.5) is 0 Å². The summed E-state index contributed by atoms with van der Waals surface area (Å²) in [6.07, 6.45) is 2.95. The zero-order valence-electron chi connectivity index (χ0n) is 12.9. The molecular weight excluding hydrogens is 288 g/mol. The molecule has 118 valence electrons. The third-order valence-electron chi connectivity index (χ3n) is 3.27. The van der Waals surface area contributed by atoms with Crippen molar-refractivity contribution in [3.05, 3.63) is 35.4 Å². The van der Waals surface area contributed by atoms with E-state index in [0.29, 0.717) is 25.2 Å². The minimum absolute atomic E-state index is 0.169. The SMILES string of the molecule is CCCCN(CCNC(=O)c1ccccc1C)S(C)(=O)=O. The lowest BCUT2D eigenvalue weighted by Gasteiger charge is -2.19. The summed E-state index contributed by atoms with van der Waals surface area (Å²) >= 11 is 0. The van der Waals surface area contributed by atoms with Crippen molar-refractivity contribution in [2.75, 3.05) is 25.9 Å². The second-order valence-electron chi connectivity index (χ2n) is 5.09. The summed E-state index contributed by atoms with van der Waals surface area (Å²) in [5, 5.41) is 2.77. The number of carbonyl (C=O) groups excluding carboxylic acids is 1. The number of nitrogens with one attached hydrogen (secondary N) is 1. The van der Waals surface area contributed by atoms with Gasteiger partial charge in [-0.25, -0.2) is 12.7 Å². The minimum atomic E-state index is -3.23. The van der Waals surface area contributed by atoms with Gasteiger partial charge in [-0.2, -0.15) is 0 Å². The first-order chi connectivity index (χ1) is 9.86. The molecule has 0 unspecified atom stereocenters. The smallest absolute Gasteiger partial charge is 0.251 e. The Kier molecular flexibility index (Phi) is 6.84.